The van der Waals surface area contributed by atoms with Crippen LogP contribution in [0.3, 0.4) is 0 Å². The Morgan fingerprint density at radius 2 is 1.89 bits per heavy atom. The lowest BCUT2D eigenvalue weighted by atomic mass is 10.0. The summed E-state index contributed by atoms with van der Waals surface area (Å²) in [6.07, 6.45) is 3.28. The highest BCUT2D eigenvalue weighted by atomic mass is 35.5. The lowest BCUT2D eigenvalue weighted by Crippen LogP contribution is -2.39. The summed E-state index contributed by atoms with van der Waals surface area (Å²) < 4.78 is 5.67. The molecule has 2 aliphatic rings. The maximum Gasteiger partial charge on any atom is 0.315 e. The number of halogens is 1. The Hall–Kier alpha value is -2.24. The van der Waals surface area contributed by atoms with Gasteiger partial charge in [0.15, 0.2) is 0 Å². The molecule has 148 valence electrons. The molecule has 1 atom stereocenters. The summed E-state index contributed by atoms with van der Waals surface area (Å²) in [7, 11) is 0. The molecule has 0 aliphatic carbocycles. The Morgan fingerprint density at radius 3 is 2.71 bits per heavy atom. The van der Waals surface area contributed by atoms with Crippen molar-refractivity contribution in [2.45, 2.75) is 38.4 Å². The number of nitrogens with zero attached hydrogens (tertiary/aromatic N) is 1. The lowest BCUT2D eigenvalue weighted by Gasteiger charge is -2.27. The van der Waals surface area contributed by atoms with Crippen LogP contribution in [0.5, 0.6) is 5.75 Å². The molecule has 0 bridgehead atoms. The summed E-state index contributed by atoms with van der Waals surface area (Å²) in [5, 5.41) is 6.66. The fourth-order valence-corrected chi connectivity index (χ4v) is 4.22. The van der Waals surface area contributed by atoms with Gasteiger partial charge in [-0.2, -0.15) is 0 Å². The molecule has 0 radical (unpaired) electrons. The van der Waals surface area contributed by atoms with Gasteiger partial charge >= 0.3 is 6.03 Å². The van der Waals surface area contributed by atoms with E-state index >= 15 is 0 Å². The van der Waals surface area contributed by atoms with Crippen LogP contribution in [-0.4, -0.2) is 30.6 Å². The zero-order chi connectivity index (χ0) is 19.3. The second-order valence-corrected chi connectivity index (χ2v) is 7.83. The van der Waals surface area contributed by atoms with Crippen LogP contribution < -0.4 is 15.4 Å². The number of hydrogen-bond donors (Lipinski definition) is 2. The van der Waals surface area contributed by atoms with Crippen molar-refractivity contribution < 1.29 is 9.53 Å². The molecule has 2 heterocycles. The number of nitrogens with one attached hydrogen (secondary N) is 2. The third kappa shape index (κ3) is 4.42. The number of likely N-dealkylation sites (tertiary alicyclic amines) is 1. The summed E-state index contributed by atoms with van der Waals surface area (Å²) in [5.74, 6) is 0.677. The van der Waals surface area contributed by atoms with Gasteiger partial charge in [-0.15, -0.1) is 0 Å². The number of ether oxygens (including phenoxy) is 1. The molecule has 2 amide bonds. The van der Waals surface area contributed by atoms with Gasteiger partial charge in [0.25, 0.3) is 0 Å². The normalized spacial score (nSPS) is 19.0. The van der Waals surface area contributed by atoms with Crippen molar-refractivity contribution in [2.75, 3.05) is 19.7 Å². The molecule has 1 saturated heterocycles. The zero-order valence-corrected chi connectivity index (χ0v) is 16.7. The number of hydrogen-bond acceptors (Lipinski definition) is 3. The van der Waals surface area contributed by atoms with Gasteiger partial charge in [-0.1, -0.05) is 48.0 Å². The van der Waals surface area contributed by atoms with Gasteiger partial charge in [0.05, 0.1) is 17.7 Å². The summed E-state index contributed by atoms with van der Waals surface area (Å²) in [6, 6.07) is 13.7. The maximum atomic E-state index is 12.5. The van der Waals surface area contributed by atoms with Crippen molar-refractivity contribution >= 4 is 17.6 Å². The Kier molecular flexibility index (Phi) is 6.03. The first-order valence-electron chi connectivity index (χ1n) is 9.95. The van der Waals surface area contributed by atoms with Crippen molar-refractivity contribution in [3.05, 3.63) is 64.2 Å². The largest absolute Gasteiger partial charge is 0.492 e. The molecule has 28 heavy (non-hydrogen) atoms. The standard InChI is InChI=1S/C22H26ClN3O2/c23-19-9-5-8-18-20(10-13-28-21(18)19)25-22(27)24-14-16-6-1-2-7-17(16)15-26-11-3-4-12-26/h1-2,5-9,20H,3-4,10-15H2,(H2,24,25,27)/t20-/m0/s1. The molecule has 6 heteroatoms. The van der Waals surface area contributed by atoms with Crippen molar-refractivity contribution in [2.24, 2.45) is 0 Å². The fourth-order valence-electron chi connectivity index (χ4n) is 3.99. The van der Waals surface area contributed by atoms with Crippen LogP contribution in [0.4, 0.5) is 4.79 Å². The van der Waals surface area contributed by atoms with E-state index in [-0.39, 0.29) is 12.1 Å². The van der Waals surface area contributed by atoms with Gasteiger partial charge in [-0.3, -0.25) is 4.90 Å². The maximum absolute atomic E-state index is 12.5. The van der Waals surface area contributed by atoms with Crippen molar-refractivity contribution in [3.63, 3.8) is 0 Å². The molecule has 2 N–H and O–H groups in total. The van der Waals surface area contributed by atoms with Crippen LogP contribution >= 0.6 is 11.6 Å². The van der Waals surface area contributed by atoms with Crippen molar-refractivity contribution in [1.29, 1.82) is 0 Å². The Labute approximate surface area is 171 Å². The fraction of sp³-hybridized carbons (Fsp3) is 0.409. The molecule has 1 fully saturated rings. The summed E-state index contributed by atoms with van der Waals surface area (Å²) in [5.41, 5.74) is 3.39. The van der Waals surface area contributed by atoms with Gasteiger partial charge in [0, 0.05) is 25.1 Å². The first-order chi connectivity index (χ1) is 13.7. The van der Waals surface area contributed by atoms with Crippen molar-refractivity contribution in [1.82, 2.24) is 15.5 Å². The Balaban J connectivity index is 1.36. The zero-order valence-electron chi connectivity index (χ0n) is 15.9. The SMILES string of the molecule is O=C(NCc1ccccc1CN1CCCC1)N[C@H]1CCOc2c(Cl)cccc21. The van der Waals surface area contributed by atoms with Crippen LogP contribution in [0.2, 0.25) is 5.02 Å². The van der Waals surface area contributed by atoms with Gasteiger partial charge in [0.1, 0.15) is 5.75 Å². The molecule has 0 aromatic heterocycles. The average Bonchev–Trinajstić information content (AvgIpc) is 3.21. The van der Waals surface area contributed by atoms with Gasteiger partial charge in [-0.25, -0.2) is 4.79 Å². The lowest BCUT2D eigenvalue weighted by molar-refractivity contribution is 0.223. The number of urea groups is 1. The number of carbonyl (C=O) groups is 1. The molecule has 0 spiro atoms. The average molecular weight is 400 g/mol. The van der Waals surface area contributed by atoms with E-state index in [9.17, 15) is 4.79 Å². The minimum absolute atomic E-state index is 0.0951. The van der Waals surface area contributed by atoms with Gasteiger partial charge in [0.2, 0.25) is 0 Å². The van der Waals surface area contributed by atoms with Crippen LogP contribution in [-0.2, 0) is 13.1 Å². The van der Waals surface area contributed by atoms with E-state index in [1.54, 1.807) is 6.07 Å². The molecule has 2 aromatic rings. The second kappa shape index (κ2) is 8.84. The first-order valence-corrected chi connectivity index (χ1v) is 10.3. The number of benzene rings is 2. The number of fused-ring (bicyclic) bond motifs is 1. The van der Waals surface area contributed by atoms with E-state index in [2.05, 4.69) is 33.7 Å². The van der Waals surface area contributed by atoms with Gasteiger partial charge < -0.3 is 15.4 Å². The predicted octanol–water partition coefficient (Wildman–Crippen LogP) is 4.26. The second-order valence-electron chi connectivity index (χ2n) is 7.43. The summed E-state index contributed by atoms with van der Waals surface area (Å²) in [4.78, 5) is 15.0. The molecule has 2 aliphatic heterocycles. The van der Waals surface area contributed by atoms with Crippen LogP contribution in [0, 0.1) is 0 Å². The summed E-state index contributed by atoms with van der Waals surface area (Å²) >= 11 is 6.22. The van der Waals surface area contributed by atoms with E-state index in [4.69, 9.17) is 16.3 Å². The number of carbonyl (C=O) groups excluding carboxylic acids is 1. The minimum atomic E-state index is -0.172. The van der Waals surface area contributed by atoms with E-state index in [0.717, 1.165) is 31.6 Å². The highest BCUT2D eigenvalue weighted by molar-refractivity contribution is 6.32. The number of amides is 2. The number of rotatable bonds is 5. The third-order valence-electron chi connectivity index (χ3n) is 5.48. The molecule has 5 nitrogen and oxygen atoms in total. The van der Waals surface area contributed by atoms with Crippen LogP contribution in [0.25, 0.3) is 0 Å². The predicted molar refractivity (Wildman–Crippen MR) is 111 cm³/mol. The first kappa shape index (κ1) is 19.1. The highest BCUT2D eigenvalue weighted by Gasteiger charge is 2.24. The third-order valence-corrected chi connectivity index (χ3v) is 5.78. The Morgan fingerprint density at radius 1 is 1.11 bits per heavy atom. The molecule has 2 aromatic carbocycles. The monoisotopic (exact) mass is 399 g/mol. The molecule has 0 saturated carbocycles. The number of para-hydroxylation sites is 1. The molecular weight excluding hydrogens is 374 g/mol. The minimum Gasteiger partial charge on any atom is -0.492 e. The molecular formula is C22H26ClN3O2. The highest BCUT2D eigenvalue weighted by Crippen LogP contribution is 2.37. The molecule has 0 unspecified atom stereocenters. The van der Waals surface area contributed by atoms with Crippen LogP contribution in [0.15, 0.2) is 42.5 Å². The smallest absolute Gasteiger partial charge is 0.315 e. The molecule has 4 rings (SSSR count). The van der Waals surface area contributed by atoms with E-state index in [1.165, 1.54) is 24.0 Å². The topological polar surface area (TPSA) is 53.6 Å². The van der Waals surface area contributed by atoms with Gasteiger partial charge in [-0.05, 0) is 43.1 Å². The van der Waals surface area contributed by atoms with E-state index < -0.39 is 0 Å². The van der Waals surface area contributed by atoms with E-state index in [0.29, 0.717) is 23.9 Å². The van der Waals surface area contributed by atoms with Crippen LogP contribution in [0.1, 0.15) is 42.0 Å². The quantitative estimate of drug-likeness (QED) is 0.789. The van der Waals surface area contributed by atoms with Crippen molar-refractivity contribution in [3.8, 4) is 5.75 Å². The summed E-state index contributed by atoms with van der Waals surface area (Å²) in [6.45, 7) is 4.33. The van der Waals surface area contributed by atoms with E-state index in [1.807, 2.05) is 18.2 Å². The Bertz CT molecular complexity index is 836.